The molecule has 0 bridgehead atoms. The molecule has 4 heteroatoms. The standard InChI is InChI=1S/C13H20N2OS/c1-9-7-11(5-6-14-9)13(16)15-8-12-4-3-10(2)17-12/h3-4,9,11,14H,5-8H2,1-2H3,(H,15,16). The van der Waals surface area contributed by atoms with Crippen LogP contribution in [0.1, 0.15) is 29.5 Å². The first-order valence-electron chi connectivity index (χ1n) is 6.21. The summed E-state index contributed by atoms with van der Waals surface area (Å²) < 4.78 is 0. The zero-order valence-corrected chi connectivity index (χ0v) is 11.3. The van der Waals surface area contributed by atoms with Crippen molar-refractivity contribution in [3.8, 4) is 0 Å². The molecule has 1 aromatic heterocycles. The Morgan fingerprint density at radius 3 is 3.06 bits per heavy atom. The molecule has 1 saturated heterocycles. The Balaban J connectivity index is 1.80. The van der Waals surface area contributed by atoms with Crippen LogP contribution in [0.4, 0.5) is 0 Å². The highest BCUT2D eigenvalue weighted by Gasteiger charge is 2.24. The molecule has 3 nitrogen and oxygen atoms in total. The lowest BCUT2D eigenvalue weighted by atomic mass is 9.92. The quantitative estimate of drug-likeness (QED) is 0.864. The number of hydrogen-bond acceptors (Lipinski definition) is 3. The fourth-order valence-electron chi connectivity index (χ4n) is 2.27. The summed E-state index contributed by atoms with van der Waals surface area (Å²) in [5.41, 5.74) is 0. The van der Waals surface area contributed by atoms with Gasteiger partial charge in [-0.15, -0.1) is 11.3 Å². The number of aryl methyl sites for hydroxylation is 1. The van der Waals surface area contributed by atoms with Crippen LogP contribution in [0.3, 0.4) is 0 Å². The Kier molecular flexibility index (Phi) is 4.18. The van der Waals surface area contributed by atoms with E-state index in [2.05, 4.69) is 36.6 Å². The number of hydrogen-bond donors (Lipinski definition) is 2. The summed E-state index contributed by atoms with van der Waals surface area (Å²) in [7, 11) is 0. The van der Waals surface area contributed by atoms with Crippen molar-refractivity contribution >= 4 is 17.2 Å². The van der Waals surface area contributed by atoms with Gasteiger partial charge < -0.3 is 10.6 Å². The van der Waals surface area contributed by atoms with Crippen LogP contribution in [-0.2, 0) is 11.3 Å². The Labute approximate surface area is 107 Å². The average molecular weight is 252 g/mol. The summed E-state index contributed by atoms with van der Waals surface area (Å²) in [6, 6.07) is 4.65. The Bertz CT molecular complexity index is 389. The smallest absolute Gasteiger partial charge is 0.223 e. The SMILES string of the molecule is Cc1ccc(CNC(=O)C2CCNC(C)C2)s1. The Morgan fingerprint density at radius 2 is 2.41 bits per heavy atom. The molecule has 1 amide bonds. The molecular weight excluding hydrogens is 232 g/mol. The maximum absolute atomic E-state index is 12.0. The van der Waals surface area contributed by atoms with Gasteiger partial charge in [0.05, 0.1) is 6.54 Å². The van der Waals surface area contributed by atoms with Gasteiger partial charge in [0, 0.05) is 21.7 Å². The molecule has 1 aliphatic rings. The van der Waals surface area contributed by atoms with Crippen LogP contribution in [0, 0.1) is 12.8 Å². The van der Waals surface area contributed by atoms with Crippen LogP contribution in [-0.4, -0.2) is 18.5 Å². The Morgan fingerprint density at radius 1 is 1.59 bits per heavy atom. The molecule has 2 heterocycles. The fraction of sp³-hybridized carbons (Fsp3) is 0.615. The van der Waals surface area contributed by atoms with Crippen LogP contribution in [0.5, 0.6) is 0 Å². The van der Waals surface area contributed by atoms with E-state index in [1.807, 2.05) is 0 Å². The summed E-state index contributed by atoms with van der Waals surface area (Å²) in [5.74, 6) is 0.400. The van der Waals surface area contributed by atoms with Crippen molar-refractivity contribution in [2.24, 2.45) is 5.92 Å². The maximum atomic E-state index is 12.0. The first-order chi connectivity index (χ1) is 8.15. The van der Waals surface area contributed by atoms with Gasteiger partial charge in [-0.3, -0.25) is 4.79 Å². The molecule has 1 fully saturated rings. The van der Waals surface area contributed by atoms with Crippen LogP contribution >= 0.6 is 11.3 Å². The maximum Gasteiger partial charge on any atom is 0.223 e. The van der Waals surface area contributed by atoms with Gasteiger partial charge in [-0.05, 0) is 45.4 Å². The summed E-state index contributed by atoms with van der Waals surface area (Å²) in [6.07, 6.45) is 1.91. The van der Waals surface area contributed by atoms with Gasteiger partial charge in [0.1, 0.15) is 0 Å². The van der Waals surface area contributed by atoms with Crippen molar-refractivity contribution in [1.29, 1.82) is 0 Å². The highest BCUT2D eigenvalue weighted by molar-refractivity contribution is 7.11. The largest absolute Gasteiger partial charge is 0.351 e. The normalized spacial score (nSPS) is 24.6. The molecule has 0 radical (unpaired) electrons. The minimum Gasteiger partial charge on any atom is -0.351 e. The molecular formula is C13H20N2OS. The van der Waals surface area contributed by atoms with E-state index in [-0.39, 0.29) is 11.8 Å². The van der Waals surface area contributed by atoms with E-state index in [9.17, 15) is 4.79 Å². The van der Waals surface area contributed by atoms with Crippen LogP contribution in [0.15, 0.2) is 12.1 Å². The van der Waals surface area contributed by atoms with Gasteiger partial charge in [0.2, 0.25) is 5.91 Å². The van der Waals surface area contributed by atoms with E-state index in [1.54, 1.807) is 11.3 Å². The van der Waals surface area contributed by atoms with E-state index < -0.39 is 0 Å². The van der Waals surface area contributed by atoms with Gasteiger partial charge >= 0.3 is 0 Å². The second-order valence-electron chi connectivity index (χ2n) is 4.81. The van der Waals surface area contributed by atoms with Gasteiger partial charge in [-0.2, -0.15) is 0 Å². The second-order valence-corrected chi connectivity index (χ2v) is 6.18. The van der Waals surface area contributed by atoms with E-state index in [0.717, 1.165) is 19.4 Å². The third-order valence-corrected chi connectivity index (χ3v) is 4.23. The minimum absolute atomic E-state index is 0.187. The minimum atomic E-state index is 0.187. The number of carbonyl (C=O) groups excluding carboxylic acids is 1. The van der Waals surface area contributed by atoms with Crippen molar-refractivity contribution in [3.05, 3.63) is 21.9 Å². The first kappa shape index (κ1) is 12.6. The molecule has 0 saturated carbocycles. The van der Waals surface area contributed by atoms with Gasteiger partial charge in [0.15, 0.2) is 0 Å². The third-order valence-electron chi connectivity index (χ3n) is 3.23. The van der Waals surface area contributed by atoms with Crippen molar-refractivity contribution in [2.75, 3.05) is 6.54 Å². The molecule has 0 aliphatic carbocycles. The van der Waals surface area contributed by atoms with Crippen LogP contribution in [0.2, 0.25) is 0 Å². The molecule has 0 aromatic carbocycles. The van der Waals surface area contributed by atoms with Crippen molar-refractivity contribution in [2.45, 2.75) is 39.3 Å². The van der Waals surface area contributed by atoms with Crippen molar-refractivity contribution < 1.29 is 4.79 Å². The predicted molar refractivity (Wildman–Crippen MR) is 71.1 cm³/mol. The average Bonchev–Trinajstić information content (AvgIpc) is 2.72. The monoisotopic (exact) mass is 252 g/mol. The molecule has 2 rings (SSSR count). The predicted octanol–water partition coefficient (Wildman–Crippen LogP) is 2.06. The van der Waals surface area contributed by atoms with Crippen molar-refractivity contribution in [3.63, 3.8) is 0 Å². The topological polar surface area (TPSA) is 41.1 Å². The lowest BCUT2D eigenvalue weighted by Gasteiger charge is -2.27. The highest BCUT2D eigenvalue weighted by atomic mass is 32.1. The lowest BCUT2D eigenvalue weighted by molar-refractivity contribution is -0.126. The first-order valence-corrected chi connectivity index (χ1v) is 7.03. The summed E-state index contributed by atoms with van der Waals surface area (Å²) >= 11 is 1.75. The summed E-state index contributed by atoms with van der Waals surface area (Å²) in [5, 5.41) is 6.41. The van der Waals surface area contributed by atoms with Crippen molar-refractivity contribution in [1.82, 2.24) is 10.6 Å². The molecule has 1 aromatic rings. The number of rotatable bonds is 3. The zero-order chi connectivity index (χ0) is 12.3. The molecule has 94 valence electrons. The van der Waals surface area contributed by atoms with E-state index in [0.29, 0.717) is 12.6 Å². The number of carbonyl (C=O) groups is 1. The van der Waals surface area contributed by atoms with E-state index in [1.165, 1.54) is 9.75 Å². The number of thiophene rings is 1. The van der Waals surface area contributed by atoms with Crippen LogP contribution in [0.25, 0.3) is 0 Å². The molecule has 2 atom stereocenters. The molecule has 2 unspecified atom stereocenters. The third kappa shape index (κ3) is 3.54. The second kappa shape index (κ2) is 5.65. The number of nitrogens with one attached hydrogen (secondary N) is 2. The molecule has 1 aliphatic heterocycles. The molecule has 2 N–H and O–H groups in total. The number of piperidine rings is 1. The molecule has 17 heavy (non-hydrogen) atoms. The lowest BCUT2D eigenvalue weighted by Crippen LogP contribution is -2.42. The summed E-state index contributed by atoms with van der Waals surface area (Å²) in [6.45, 7) is 5.86. The van der Waals surface area contributed by atoms with Crippen LogP contribution < -0.4 is 10.6 Å². The van der Waals surface area contributed by atoms with Gasteiger partial charge in [-0.25, -0.2) is 0 Å². The van der Waals surface area contributed by atoms with E-state index >= 15 is 0 Å². The van der Waals surface area contributed by atoms with Gasteiger partial charge in [0.25, 0.3) is 0 Å². The fourth-order valence-corrected chi connectivity index (χ4v) is 3.10. The highest BCUT2D eigenvalue weighted by Crippen LogP contribution is 2.18. The van der Waals surface area contributed by atoms with Gasteiger partial charge in [-0.1, -0.05) is 0 Å². The summed E-state index contributed by atoms with van der Waals surface area (Å²) in [4.78, 5) is 14.5. The number of amides is 1. The molecule has 0 spiro atoms. The Hall–Kier alpha value is -0.870. The van der Waals surface area contributed by atoms with E-state index in [4.69, 9.17) is 0 Å². The zero-order valence-electron chi connectivity index (χ0n) is 10.5.